The maximum atomic E-state index is 3.52. The minimum atomic E-state index is 0.895. The quantitative estimate of drug-likeness (QED) is 0.891. The molecule has 0 saturated heterocycles. The monoisotopic (exact) mass is 274 g/mol. The topological polar surface area (TPSA) is 15.3 Å². The Morgan fingerprint density at radius 2 is 1.84 bits per heavy atom. The summed E-state index contributed by atoms with van der Waals surface area (Å²) in [5.41, 5.74) is 5.15. The summed E-state index contributed by atoms with van der Waals surface area (Å²) in [6.07, 6.45) is 0. The second-order valence-electron chi connectivity index (χ2n) is 5.19. The van der Waals surface area contributed by atoms with Gasteiger partial charge in [-0.05, 0) is 50.1 Å². The zero-order chi connectivity index (χ0) is 14.0. The van der Waals surface area contributed by atoms with Crippen molar-refractivity contribution in [3.8, 4) is 0 Å². The zero-order valence-corrected chi connectivity index (χ0v) is 13.2. The molecule has 2 nitrogen and oxygen atoms in total. The number of hydrogen-bond acceptors (Lipinski definition) is 3. The van der Waals surface area contributed by atoms with E-state index in [1.807, 2.05) is 11.3 Å². The molecule has 0 amide bonds. The SMILES string of the molecule is Cc1cc(CNc2ccc(C)c(N(C)C)c2)c(C)s1. The molecule has 2 aromatic rings. The van der Waals surface area contributed by atoms with Gasteiger partial charge >= 0.3 is 0 Å². The van der Waals surface area contributed by atoms with Gasteiger partial charge in [0.15, 0.2) is 0 Å². The molecular formula is C16H22N2S. The normalized spacial score (nSPS) is 10.6. The summed E-state index contributed by atoms with van der Waals surface area (Å²) in [5.74, 6) is 0. The van der Waals surface area contributed by atoms with E-state index in [0.717, 1.165) is 6.54 Å². The van der Waals surface area contributed by atoms with Crippen molar-refractivity contribution in [2.45, 2.75) is 27.3 Å². The van der Waals surface area contributed by atoms with Crippen LogP contribution in [0.4, 0.5) is 11.4 Å². The van der Waals surface area contributed by atoms with Crippen molar-refractivity contribution in [1.29, 1.82) is 0 Å². The lowest BCUT2D eigenvalue weighted by atomic mass is 10.1. The summed E-state index contributed by atoms with van der Waals surface area (Å²) in [4.78, 5) is 4.94. The highest BCUT2D eigenvalue weighted by Crippen LogP contribution is 2.25. The van der Waals surface area contributed by atoms with Crippen molar-refractivity contribution < 1.29 is 0 Å². The Kier molecular flexibility index (Phi) is 4.15. The molecule has 1 aromatic heterocycles. The standard InChI is InChI=1S/C16H22N2S/c1-11-6-7-15(9-16(11)18(4)5)17-10-14-8-12(2)19-13(14)3/h6-9,17H,10H2,1-5H3. The fraction of sp³-hybridized carbons (Fsp3) is 0.375. The highest BCUT2D eigenvalue weighted by atomic mass is 32.1. The van der Waals surface area contributed by atoms with Crippen LogP contribution in [-0.2, 0) is 6.54 Å². The smallest absolute Gasteiger partial charge is 0.0411 e. The highest BCUT2D eigenvalue weighted by Gasteiger charge is 2.05. The second kappa shape index (κ2) is 5.66. The van der Waals surface area contributed by atoms with Gasteiger partial charge in [-0.25, -0.2) is 0 Å². The molecule has 0 unspecified atom stereocenters. The van der Waals surface area contributed by atoms with Crippen molar-refractivity contribution in [3.63, 3.8) is 0 Å². The molecule has 2 rings (SSSR count). The predicted molar refractivity (Wildman–Crippen MR) is 86.6 cm³/mol. The van der Waals surface area contributed by atoms with Gasteiger partial charge in [0.05, 0.1) is 0 Å². The Morgan fingerprint density at radius 1 is 1.11 bits per heavy atom. The van der Waals surface area contributed by atoms with E-state index in [4.69, 9.17) is 0 Å². The van der Waals surface area contributed by atoms with Crippen LogP contribution >= 0.6 is 11.3 Å². The number of anilines is 2. The number of aryl methyl sites for hydroxylation is 3. The summed E-state index contributed by atoms with van der Waals surface area (Å²) in [5, 5.41) is 3.52. The van der Waals surface area contributed by atoms with Gasteiger partial charge in [-0.2, -0.15) is 0 Å². The molecule has 19 heavy (non-hydrogen) atoms. The van der Waals surface area contributed by atoms with Gasteiger partial charge in [0.2, 0.25) is 0 Å². The van der Waals surface area contributed by atoms with Gasteiger partial charge in [-0.1, -0.05) is 6.07 Å². The van der Waals surface area contributed by atoms with Crippen molar-refractivity contribution in [2.75, 3.05) is 24.3 Å². The van der Waals surface area contributed by atoms with E-state index in [1.165, 1.54) is 32.3 Å². The van der Waals surface area contributed by atoms with Crippen molar-refractivity contribution in [2.24, 2.45) is 0 Å². The van der Waals surface area contributed by atoms with E-state index in [-0.39, 0.29) is 0 Å². The lowest BCUT2D eigenvalue weighted by Gasteiger charge is -2.17. The van der Waals surface area contributed by atoms with Crippen LogP contribution in [0.15, 0.2) is 24.3 Å². The van der Waals surface area contributed by atoms with Gasteiger partial charge in [-0.3, -0.25) is 0 Å². The fourth-order valence-corrected chi connectivity index (χ4v) is 3.20. The van der Waals surface area contributed by atoms with Crippen LogP contribution in [0, 0.1) is 20.8 Å². The van der Waals surface area contributed by atoms with Crippen LogP contribution in [-0.4, -0.2) is 14.1 Å². The van der Waals surface area contributed by atoms with Gasteiger partial charge in [-0.15, -0.1) is 11.3 Å². The number of nitrogens with one attached hydrogen (secondary N) is 1. The molecule has 0 saturated carbocycles. The predicted octanol–water partition coefficient (Wildman–Crippen LogP) is 4.35. The highest BCUT2D eigenvalue weighted by molar-refractivity contribution is 7.12. The summed E-state index contributed by atoms with van der Waals surface area (Å²) in [6, 6.07) is 8.80. The first-order valence-electron chi connectivity index (χ1n) is 6.55. The molecule has 102 valence electrons. The van der Waals surface area contributed by atoms with Gasteiger partial charge < -0.3 is 10.2 Å². The molecule has 0 aliphatic heterocycles. The molecule has 3 heteroatoms. The van der Waals surface area contributed by atoms with E-state index in [2.05, 4.69) is 69.3 Å². The fourth-order valence-electron chi connectivity index (χ4n) is 2.26. The Bertz CT molecular complexity index is 570. The first kappa shape index (κ1) is 13.9. The van der Waals surface area contributed by atoms with Crippen LogP contribution < -0.4 is 10.2 Å². The van der Waals surface area contributed by atoms with E-state index < -0.39 is 0 Å². The largest absolute Gasteiger partial charge is 0.381 e. The third kappa shape index (κ3) is 3.29. The van der Waals surface area contributed by atoms with E-state index in [9.17, 15) is 0 Å². The number of benzene rings is 1. The van der Waals surface area contributed by atoms with Gasteiger partial charge in [0.25, 0.3) is 0 Å². The van der Waals surface area contributed by atoms with E-state index in [1.54, 1.807) is 0 Å². The lowest BCUT2D eigenvalue weighted by molar-refractivity contribution is 1.10. The maximum absolute atomic E-state index is 3.52. The first-order chi connectivity index (χ1) is 8.97. The third-order valence-electron chi connectivity index (χ3n) is 3.32. The van der Waals surface area contributed by atoms with Crippen LogP contribution in [0.3, 0.4) is 0 Å². The summed E-state index contributed by atoms with van der Waals surface area (Å²) < 4.78 is 0. The summed E-state index contributed by atoms with van der Waals surface area (Å²) >= 11 is 1.87. The van der Waals surface area contributed by atoms with Crippen LogP contribution in [0.2, 0.25) is 0 Å². The number of thiophene rings is 1. The minimum Gasteiger partial charge on any atom is -0.381 e. The summed E-state index contributed by atoms with van der Waals surface area (Å²) in [7, 11) is 4.16. The molecular weight excluding hydrogens is 252 g/mol. The van der Waals surface area contributed by atoms with Crippen LogP contribution in [0.5, 0.6) is 0 Å². The van der Waals surface area contributed by atoms with Crippen molar-refractivity contribution >= 4 is 22.7 Å². The minimum absolute atomic E-state index is 0.895. The first-order valence-corrected chi connectivity index (χ1v) is 7.37. The Hall–Kier alpha value is -1.48. The molecule has 1 N–H and O–H groups in total. The van der Waals surface area contributed by atoms with Crippen LogP contribution in [0.1, 0.15) is 20.9 Å². The van der Waals surface area contributed by atoms with E-state index in [0.29, 0.717) is 0 Å². The molecule has 0 fully saturated rings. The third-order valence-corrected chi connectivity index (χ3v) is 4.33. The number of nitrogens with zero attached hydrogens (tertiary/aromatic N) is 1. The number of hydrogen-bond donors (Lipinski definition) is 1. The average molecular weight is 274 g/mol. The molecule has 1 aromatic carbocycles. The molecule has 0 bridgehead atoms. The Labute approximate surface area is 120 Å². The molecule has 0 atom stereocenters. The van der Waals surface area contributed by atoms with E-state index >= 15 is 0 Å². The van der Waals surface area contributed by atoms with Crippen LogP contribution in [0.25, 0.3) is 0 Å². The molecule has 0 aliphatic carbocycles. The Morgan fingerprint density at radius 3 is 2.42 bits per heavy atom. The van der Waals surface area contributed by atoms with Gasteiger partial charge in [0.1, 0.15) is 0 Å². The molecule has 0 spiro atoms. The second-order valence-corrected chi connectivity index (χ2v) is 6.65. The summed E-state index contributed by atoms with van der Waals surface area (Å²) in [6.45, 7) is 7.39. The molecule has 1 heterocycles. The van der Waals surface area contributed by atoms with Crippen molar-refractivity contribution in [3.05, 3.63) is 45.1 Å². The van der Waals surface area contributed by atoms with Crippen molar-refractivity contribution in [1.82, 2.24) is 0 Å². The Balaban J connectivity index is 2.12. The zero-order valence-electron chi connectivity index (χ0n) is 12.4. The van der Waals surface area contributed by atoms with Gasteiger partial charge in [0, 0.05) is 41.8 Å². The average Bonchev–Trinajstić information content (AvgIpc) is 2.66. The molecule has 0 aliphatic rings. The maximum Gasteiger partial charge on any atom is 0.0411 e. The number of rotatable bonds is 4. The molecule has 0 radical (unpaired) electrons. The lowest BCUT2D eigenvalue weighted by Crippen LogP contribution is -2.11.